The molecule has 0 saturated carbocycles. The Morgan fingerprint density at radius 3 is 3.23 bits per heavy atom. The molecule has 3 heteroatoms. The minimum Gasteiger partial charge on any atom is -0.373 e. The zero-order valence-electron chi connectivity index (χ0n) is 7.70. The molecule has 70 valence electrons. The van der Waals surface area contributed by atoms with Crippen molar-refractivity contribution in [3.05, 3.63) is 17.7 Å². The fraction of sp³-hybridized carbons (Fsp3) is 0.700. The molecule has 13 heavy (non-hydrogen) atoms. The van der Waals surface area contributed by atoms with Crippen molar-refractivity contribution in [1.29, 1.82) is 0 Å². The van der Waals surface area contributed by atoms with E-state index in [4.69, 9.17) is 4.74 Å². The molecule has 1 saturated heterocycles. The van der Waals surface area contributed by atoms with E-state index in [-0.39, 0.29) is 0 Å². The van der Waals surface area contributed by atoms with Crippen molar-refractivity contribution in [1.82, 2.24) is 9.55 Å². The number of rotatable bonds is 2. The molecular weight excluding hydrogens is 164 g/mol. The van der Waals surface area contributed by atoms with Gasteiger partial charge >= 0.3 is 0 Å². The molecule has 3 heterocycles. The summed E-state index contributed by atoms with van der Waals surface area (Å²) in [6.45, 7) is 2.09. The molecule has 0 aromatic carbocycles. The average Bonchev–Trinajstić information content (AvgIpc) is 2.85. The SMILES string of the molecule is c1c(CC2CO2)nc2n1CCCC2. The van der Waals surface area contributed by atoms with Gasteiger partial charge in [-0.25, -0.2) is 4.98 Å². The largest absolute Gasteiger partial charge is 0.373 e. The first-order valence-electron chi connectivity index (χ1n) is 5.08. The van der Waals surface area contributed by atoms with E-state index in [1.54, 1.807) is 0 Å². The smallest absolute Gasteiger partial charge is 0.108 e. The van der Waals surface area contributed by atoms with E-state index in [9.17, 15) is 0 Å². The summed E-state index contributed by atoms with van der Waals surface area (Å²) < 4.78 is 7.50. The van der Waals surface area contributed by atoms with Crippen LogP contribution >= 0.6 is 0 Å². The number of epoxide rings is 1. The predicted molar refractivity (Wildman–Crippen MR) is 48.6 cm³/mol. The molecule has 1 aromatic heterocycles. The summed E-state index contributed by atoms with van der Waals surface area (Å²) in [6.07, 6.45) is 7.46. The van der Waals surface area contributed by atoms with Gasteiger partial charge in [-0.3, -0.25) is 0 Å². The number of hydrogen-bond acceptors (Lipinski definition) is 2. The lowest BCUT2D eigenvalue weighted by Gasteiger charge is -2.11. The third-order valence-electron chi connectivity index (χ3n) is 2.80. The number of aromatic nitrogens is 2. The Morgan fingerprint density at radius 1 is 1.54 bits per heavy atom. The summed E-state index contributed by atoms with van der Waals surface area (Å²) >= 11 is 0. The molecule has 2 aliphatic rings. The Balaban J connectivity index is 1.81. The van der Waals surface area contributed by atoms with Crippen molar-refractivity contribution in [2.24, 2.45) is 0 Å². The highest BCUT2D eigenvalue weighted by Gasteiger charge is 2.24. The molecule has 1 aromatic rings. The lowest BCUT2D eigenvalue weighted by molar-refractivity contribution is 0.406. The predicted octanol–water partition coefficient (Wildman–Crippen LogP) is 1.16. The maximum atomic E-state index is 5.20. The quantitative estimate of drug-likeness (QED) is 0.636. The Labute approximate surface area is 77.7 Å². The van der Waals surface area contributed by atoms with Gasteiger partial charge in [-0.2, -0.15) is 0 Å². The normalized spacial score (nSPS) is 25.7. The molecule has 0 bridgehead atoms. The van der Waals surface area contributed by atoms with Gasteiger partial charge < -0.3 is 9.30 Å². The second-order valence-corrected chi connectivity index (χ2v) is 3.96. The number of aryl methyl sites for hydroxylation is 2. The zero-order valence-corrected chi connectivity index (χ0v) is 7.70. The first kappa shape index (κ1) is 7.56. The number of fused-ring (bicyclic) bond motifs is 1. The van der Waals surface area contributed by atoms with E-state index in [2.05, 4.69) is 15.7 Å². The molecular formula is C10H14N2O. The highest BCUT2D eigenvalue weighted by molar-refractivity contribution is 5.08. The summed E-state index contributed by atoms with van der Waals surface area (Å²) in [5, 5.41) is 0. The van der Waals surface area contributed by atoms with Crippen LogP contribution in [-0.4, -0.2) is 22.3 Å². The third-order valence-corrected chi connectivity index (χ3v) is 2.80. The fourth-order valence-corrected chi connectivity index (χ4v) is 1.99. The first-order valence-corrected chi connectivity index (χ1v) is 5.08. The van der Waals surface area contributed by atoms with Gasteiger partial charge in [-0.15, -0.1) is 0 Å². The van der Waals surface area contributed by atoms with Crippen LogP contribution < -0.4 is 0 Å². The molecule has 0 aliphatic carbocycles. The Hall–Kier alpha value is -0.830. The van der Waals surface area contributed by atoms with Gasteiger partial charge in [0.1, 0.15) is 5.82 Å². The Kier molecular flexibility index (Phi) is 1.65. The van der Waals surface area contributed by atoms with Crippen LogP contribution in [0.4, 0.5) is 0 Å². The van der Waals surface area contributed by atoms with Gasteiger partial charge in [0.15, 0.2) is 0 Å². The van der Waals surface area contributed by atoms with Crippen molar-refractivity contribution in [3.8, 4) is 0 Å². The van der Waals surface area contributed by atoms with Crippen LogP contribution in [0.25, 0.3) is 0 Å². The van der Waals surface area contributed by atoms with Crippen LogP contribution in [0.5, 0.6) is 0 Å². The molecule has 3 rings (SSSR count). The minimum atomic E-state index is 0.469. The van der Waals surface area contributed by atoms with Gasteiger partial charge in [0, 0.05) is 25.6 Å². The second kappa shape index (κ2) is 2.84. The van der Waals surface area contributed by atoms with Gasteiger partial charge in [0.2, 0.25) is 0 Å². The summed E-state index contributed by atoms with van der Waals surface area (Å²) in [4.78, 5) is 4.61. The van der Waals surface area contributed by atoms with Crippen molar-refractivity contribution >= 4 is 0 Å². The second-order valence-electron chi connectivity index (χ2n) is 3.96. The molecule has 0 amide bonds. The summed E-state index contributed by atoms with van der Waals surface area (Å²) in [5.41, 5.74) is 1.22. The minimum absolute atomic E-state index is 0.469. The van der Waals surface area contributed by atoms with Crippen LogP contribution in [0.1, 0.15) is 24.4 Å². The summed E-state index contributed by atoms with van der Waals surface area (Å²) in [6, 6.07) is 0. The van der Waals surface area contributed by atoms with Crippen LogP contribution in [-0.2, 0) is 24.1 Å². The number of ether oxygens (including phenoxy) is 1. The summed E-state index contributed by atoms with van der Waals surface area (Å²) in [5.74, 6) is 1.28. The molecule has 0 radical (unpaired) electrons. The average molecular weight is 178 g/mol. The lowest BCUT2D eigenvalue weighted by Crippen LogP contribution is -2.08. The van der Waals surface area contributed by atoms with Crippen LogP contribution in [0.2, 0.25) is 0 Å². The van der Waals surface area contributed by atoms with Crippen LogP contribution in [0.15, 0.2) is 6.20 Å². The van der Waals surface area contributed by atoms with Crippen LogP contribution in [0, 0.1) is 0 Å². The van der Waals surface area contributed by atoms with Crippen molar-refractivity contribution < 1.29 is 4.74 Å². The molecule has 1 unspecified atom stereocenters. The Morgan fingerprint density at radius 2 is 2.46 bits per heavy atom. The molecule has 1 fully saturated rings. The van der Waals surface area contributed by atoms with E-state index < -0.39 is 0 Å². The maximum absolute atomic E-state index is 5.20. The molecule has 2 aliphatic heterocycles. The molecule has 1 atom stereocenters. The van der Waals surface area contributed by atoms with Gasteiger partial charge in [-0.1, -0.05) is 0 Å². The van der Waals surface area contributed by atoms with E-state index in [0.717, 1.165) is 26.0 Å². The van der Waals surface area contributed by atoms with Crippen molar-refractivity contribution in [2.75, 3.05) is 6.61 Å². The van der Waals surface area contributed by atoms with E-state index in [0.29, 0.717) is 6.10 Å². The van der Waals surface area contributed by atoms with Gasteiger partial charge in [-0.05, 0) is 12.8 Å². The fourth-order valence-electron chi connectivity index (χ4n) is 1.99. The first-order chi connectivity index (χ1) is 6.42. The van der Waals surface area contributed by atoms with Gasteiger partial charge in [0.05, 0.1) is 18.4 Å². The highest BCUT2D eigenvalue weighted by Crippen LogP contribution is 2.19. The standard InChI is InChI=1S/C10H14N2O/c1-2-4-12-6-8(5-9-7-13-9)11-10(12)3-1/h6,9H,1-5,7H2. The van der Waals surface area contributed by atoms with Crippen molar-refractivity contribution in [2.45, 2.75) is 38.3 Å². The topological polar surface area (TPSA) is 30.4 Å². The van der Waals surface area contributed by atoms with E-state index in [1.807, 2.05) is 0 Å². The maximum Gasteiger partial charge on any atom is 0.108 e. The highest BCUT2D eigenvalue weighted by atomic mass is 16.6. The van der Waals surface area contributed by atoms with Gasteiger partial charge in [0.25, 0.3) is 0 Å². The molecule has 3 nitrogen and oxygen atoms in total. The number of hydrogen-bond donors (Lipinski definition) is 0. The monoisotopic (exact) mass is 178 g/mol. The number of imidazole rings is 1. The third kappa shape index (κ3) is 1.48. The Bertz CT molecular complexity index is 291. The summed E-state index contributed by atoms with van der Waals surface area (Å²) in [7, 11) is 0. The number of nitrogens with zero attached hydrogens (tertiary/aromatic N) is 2. The van der Waals surface area contributed by atoms with Crippen molar-refractivity contribution in [3.63, 3.8) is 0 Å². The molecule has 0 spiro atoms. The van der Waals surface area contributed by atoms with E-state index in [1.165, 1.54) is 24.4 Å². The van der Waals surface area contributed by atoms with Crippen LogP contribution in [0.3, 0.4) is 0 Å². The molecule has 0 N–H and O–H groups in total. The zero-order chi connectivity index (χ0) is 8.67. The van der Waals surface area contributed by atoms with E-state index >= 15 is 0 Å². The lowest BCUT2D eigenvalue weighted by atomic mass is 10.2.